The van der Waals surface area contributed by atoms with Gasteiger partial charge in [-0.15, -0.1) is 0 Å². The first-order valence-corrected chi connectivity index (χ1v) is 11.2. The van der Waals surface area contributed by atoms with Gasteiger partial charge >= 0.3 is 0 Å². The fourth-order valence-corrected chi connectivity index (χ4v) is 4.33. The number of para-hydroxylation sites is 3. The number of benzene rings is 5. The van der Waals surface area contributed by atoms with Gasteiger partial charge in [-0.2, -0.15) is 0 Å². The van der Waals surface area contributed by atoms with E-state index in [9.17, 15) is 0 Å². The molecule has 166 valence electrons. The zero-order valence-corrected chi connectivity index (χ0v) is 18.8. The fraction of sp³-hybridized carbons (Fsp3) is 0.0333. The van der Waals surface area contributed by atoms with Gasteiger partial charge in [-0.05, 0) is 63.9 Å². The Hall–Kier alpha value is -4.57. The second kappa shape index (κ2) is 9.12. The zero-order valence-electron chi connectivity index (χ0n) is 18.8. The molecule has 5 rings (SSSR count). The number of rotatable bonds is 6. The highest BCUT2D eigenvalue weighted by atomic mass is 15.1. The molecule has 5 aromatic rings. The molecule has 34 heavy (non-hydrogen) atoms. The zero-order chi connectivity index (χ0) is 23.5. The third-order valence-corrected chi connectivity index (χ3v) is 6.08. The van der Waals surface area contributed by atoms with Gasteiger partial charge in [-0.1, -0.05) is 78.9 Å². The predicted octanol–water partition coefficient (Wildman–Crippen LogP) is 6.71. The lowest BCUT2D eigenvalue weighted by molar-refractivity contribution is 0.977. The predicted molar refractivity (Wildman–Crippen MR) is 144 cm³/mol. The molecule has 4 heteroatoms. The summed E-state index contributed by atoms with van der Waals surface area (Å²) in [4.78, 5) is 2.22. The van der Waals surface area contributed by atoms with Crippen LogP contribution in [0, 0.1) is 5.41 Å². The second-order valence-corrected chi connectivity index (χ2v) is 8.34. The Balaban J connectivity index is 1.51. The molecule has 0 bridgehead atoms. The number of fused-ring (bicyclic) bond motifs is 1. The maximum atomic E-state index is 8.11. The van der Waals surface area contributed by atoms with Crippen LogP contribution in [0.4, 0.5) is 17.1 Å². The number of hydrogen-bond donors (Lipinski definition) is 3. The van der Waals surface area contributed by atoms with Crippen molar-refractivity contribution in [1.29, 1.82) is 5.41 Å². The lowest BCUT2D eigenvalue weighted by Gasteiger charge is -2.26. The van der Waals surface area contributed by atoms with Crippen molar-refractivity contribution in [3.05, 3.63) is 126 Å². The Kier molecular flexibility index (Phi) is 5.71. The molecule has 0 heterocycles. The largest absolute Gasteiger partial charge is 0.397 e. The summed E-state index contributed by atoms with van der Waals surface area (Å²) in [6.07, 6.45) is 0. The minimum absolute atomic E-state index is 0.0691. The Morgan fingerprint density at radius 2 is 1.32 bits per heavy atom. The lowest BCUT2D eigenvalue weighted by atomic mass is 9.94. The molecule has 0 saturated heterocycles. The van der Waals surface area contributed by atoms with Crippen LogP contribution in [-0.4, -0.2) is 5.84 Å². The molecule has 0 saturated carbocycles. The summed E-state index contributed by atoms with van der Waals surface area (Å²) in [6, 6.07) is 38.9. The van der Waals surface area contributed by atoms with Crippen LogP contribution in [0.3, 0.4) is 0 Å². The van der Waals surface area contributed by atoms with Crippen molar-refractivity contribution in [2.24, 2.45) is 5.73 Å². The maximum Gasteiger partial charge on any atom is 0.123 e. The molecule has 4 nitrogen and oxygen atoms in total. The number of nitrogens with one attached hydrogen (secondary N) is 1. The molecular formula is C30H26N4. The Morgan fingerprint density at radius 3 is 2.00 bits per heavy atom. The fourth-order valence-electron chi connectivity index (χ4n) is 4.33. The van der Waals surface area contributed by atoms with E-state index >= 15 is 0 Å². The molecule has 0 fully saturated rings. The van der Waals surface area contributed by atoms with Crippen LogP contribution in [0.25, 0.3) is 21.9 Å². The van der Waals surface area contributed by atoms with Gasteiger partial charge in [0.15, 0.2) is 0 Å². The minimum Gasteiger partial charge on any atom is -0.397 e. The van der Waals surface area contributed by atoms with Crippen molar-refractivity contribution in [1.82, 2.24) is 0 Å². The van der Waals surface area contributed by atoms with E-state index in [1.165, 1.54) is 0 Å². The van der Waals surface area contributed by atoms with Gasteiger partial charge in [0.25, 0.3) is 0 Å². The van der Waals surface area contributed by atoms with Crippen LogP contribution in [-0.2, 0) is 6.54 Å². The van der Waals surface area contributed by atoms with Crippen molar-refractivity contribution >= 4 is 33.7 Å². The SMILES string of the molecule is N=C(N)c1cc2ccccc2cc1-c1ccc(CN(c2ccccc2)c2ccccc2N)cc1. The monoisotopic (exact) mass is 442 g/mol. The number of nitrogens with two attached hydrogens (primary N) is 2. The summed E-state index contributed by atoms with van der Waals surface area (Å²) in [6.45, 7) is 0.676. The molecule has 0 unspecified atom stereocenters. The van der Waals surface area contributed by atoms with Crippen molar-refractivity contribution in [3.8, 4) is 11.1 Å². The third-order valence-electron chi connectivity index (χ3n) is 6.08. The Bertz CT molecular complexity index is 1460. The Morgan fingerprint density at radius 1 is 0.706 bits per heavy atom. The van der Waals surface area contributed by atoms with Gasteiger partial charge < -0.3 is 16.4 Å². The quantitative estimate of drug-likeness (QED) is 0.155. The molecule has 0 aliphatic carbocycles. The first-order chi connectivity index (χ1) is 16.6. The van der Waals surface area contributed by atoms with Gasteiger partial charge in [0.1, 0.15) is 5.84 Å². The standard InChI is InChI=1S/C30H26N4/c31-28-12-6-7-13-29(28)34(25-10-2-1-3-11-25)20-21-14-16-22(17-15-21)26-18-23-8-4-5-9-24(23)19-27(26)30(32)33/h1-19H,20,31H2,(H3,32,33). The highest BCUT2D eigenvalue weighted by Gasteiger charge is 2.14. The number of hydrogen-bond acceptors (Lipinski definition) is 3. The van der Waals surface area contributed by atoms with Gasteiger partial charge in [0.05, 0.1) is 11.4 Å². The normalized spacial score (nSPS) is 10.8. The van der Waals surface area contributed by atoms with Crippen LogP contribution >= 0.6 is 0 Å². The van der Waals surface area contributed by atoms with Crippen LogP contribution in [0.5, 0.6) is 0 Å². The first-order valence-electron chi connectivity index (χ1n) is 11.2. The first kappa shape index (κ1) is 21.3. The van der Waals surface area contributed by atoms with Crippen molar-refractivity contribution < 1.29 is 0 Å². The number of nitrogens with zero attached hydrogens (tertiary/aromatic N) is 1. The van der Waals surface area contributed by atoms with Crippen LogP contribution in [0.1, 0.15) is 11.1 Å². The van der Waals surface area contributed by atoms with E-state index in [0.29, 0.717) is 6.54 Å². The minimum atomic E-state index is 0.0691. The van der Waals surface area contributed by atoms with E-state index in [1.807, 2.05) is 66.7 Å². The highest BCUT2D eigenvalue weighted by Crippen LogP contribution is 2.33. The topological polar surface area (TPSA) is 79.1 Å². The van der Waals surface area contributed by atoms with E-state index < -0.39 is 0 Å². The number of nitrogen functional groups attached to an aromatic ring is 2. The van der Waals surface area contributed by atoms with E-state index in [2.05, 4.69) is 53.4 Å². The van der Waals surface area contributed by atoms with E-state index in [-0.39, 0.29) is 5.84 Å². The summed E-state index contributed by atoms with van der Waals surface area (Å²) < 4.78 is 0. The average Bonchev–Trinajstić information content (AvgIpc) is 2.88. The summed E-state index contributed by atoms with van der Waals surface area (Å²) in [5.41, 5.74) is 19.0. The van der Waals surface area contributed by atoms with Crippen LogP contribution < -0.4 is 16.4 Å². The van der Waals surface area contributed by atoms with Crippen LogP contribution in [0.2, 0.25) is 0 Å². The van der Waals surface area contributed by atoms with E-state index in [0.717, 1.165) is 50.1 Å². The second-order valence-electron chi connectivity index (χ2n) is 8.34. The molecule has 0 aliphatic rings. The molecule has 0 aliphatic heterocycles. The molecule has 0 amide bonds. The van der Waals surface area contributed by atoms with Crippen molar-refractivity contribution in [2.75, 3.05) is 10.6 Å². The van der Waals surface area contributed by atoms with Gasteiger partial charge in [0.2, 0.25) is 0 Å². The lowest BCUT2D eigenvalue weighted by Crippen LogP contribution is -2.17. The number of anilines is 3. The summed E-state index contributed by atoms with van der Waals surface area (Å²) >= 11 is 0. The molecule has 5 aromatic carbocycles. The Labute approximate surface area is 199 Å². The molecule has 5 N–H and O–H groups in total. The number of amidine groups is 1. The third kappa shape index (κ3) is 4.21. The molecular weight excluding hydrogens is 416 g/mol. The maximum absolute atomic E-state index is 8.11. The van der Waals surface area contributed by atoms with E-state index in [4.69, 9.17) is 16.9 Å². The molecule has 0 radical (unpaired) electrons. The van der Waals surface area contributed by atoms with Gasteiger partial charge in [-0.25, -0.2) is 0 Å². The molecule has 0 aromatic heterocycles. The van der Waals surface area contributed by atoms with Crippen molar-refractivity contribution in [2.45, 2.75) is 6.54 Å². The average molecular weight is 443 g/mol. The molecule has 0 atom stereocenters. The van der Waals surface area contributed by atoms with Gasteiger partial charge in [-0.3, -0.25) is 5.41 Å². The van der Waals surface area contributed by atoms with Crippen molar-refractivity contribution in [3.63, 3.8) is 0 Å². The summed E-state index contributed by atoms with van der Waals surface area (Å²) in [7, 11) is 0. The smallest absolute Gasteiger partial charge is 0.123 e. The summed E-state index contributed by atoms with van der Waals surface area (Å²) in [5.74, 6) is 0.0691. The molecule has 0 spiro atoms. The van der Waals surface area contributed by atoms with Crippen LogP contribution in [0.15, 0.2) is 115 Å². The van der Waals surface area contributed by atoms with Gasteiger partial charge in [0, 0.05) is 17.8 Å². The summed E-state index contributed by atoms with van der Waals surface area (Å²) in [5, 5.41) is 10.3. The highest BCUT2D eigenvalue weighted by molar-refractivity contribution is 6.06. The van der Waals surface area contributed by atoms with E-state index in [1.54, 1.807) is 0 Å².